The number of halogens is 1. The number of rotatable bonds is 6. The van der Waals surface area contributed by atoms with Gasteiger partial charge in [-0.3, -0.25) is 4.72 Å². The van der Waals surface area contributed by atoms with Gasteiger partial charge in [0.15, 0.2) is 0 Å². The summed E-state index contributed by atoms with van der Waals surface area (Å²) in [4.78, 5) is -0.182. The Hall–Kier alpha value is -3.24. The highest BCUT2D eigenvalue weighted by Gasteiger charge is 2.38. The van der Waals surface area contributed by atoms with Crippen molar-refractivity contribution in [1.29, 1.82) is 0 Å². The predicted octanol–water partition coefficient (Wildman–Crippen LogP) is 4.05. The van der Waals surface area contributed by atoms with Crippen LogP contribution in [0.25, 0.3) is 0 Å². The lowest BCUT2D eigenvalue weighted by Gasteiger charge is -2.24. The summed E-state index contributed by atoms with van der Waals surface area (Å²) in [7, 11) is -7.55. The second-order valence-electron chi connectivity index (χ2n) is 7.81. The third kappa shape index (κ3) is 4.91. The van der Waals surface area contributed by atoms with E-state index in [9.17, 15) is 21.2 Å². The van der Waals surface area contributed by atoms with Crippen LogP contribution in [0.4, 0.5) is 10.1 Å². The second kappa shape index (κ2) is 8.60. The molecule has 10 heteroatoms. The Labute approximate surface area is 192 Å². The number of anilines is 1. The van der Waals surface area contributed by atoms with Crippen molar-refractivity contribution in [3.8, 4) is 0 Å². The fraction of sp³-hybridized carbons (Fsp3) is 0.174. The number of hydrazone groups is 1. The largest absolute Gasteiger partial charge is 0.284 e. The molecule has 0 amide bonds. The Morgan fingerprint density at radius 3 is 2.30 bits per heavy atom. The number of sulfonamides is 2. The maximum Gasteiger partial charge on any atom is 0.279 e. The summed E-state index contributed by atoms with van der Waals surface area (Å²) < 4.78 is 67.0. The predicted molar refractivity (Wildman–Crippen MR) is 125 cm³/mol. The van der Waals surface area contributed by atoms with E-state index in [0.29, 0.717) is 23.4 Å². The van der Waals surface area contributed by atoms with Crippen molar-refractivity contribution in [3.05, 3.63) is 95.3 Å². The molecule has 33 heavy (non-hydrogen) atoms. The molecule has 1 atom stereocenters. The summed E-state index contributed by atoms with van der Waals surface area (Å²) in [6.45, 7) is 1.89. The van der Waals surface area contributed by atoms with Gasteiger partial charge in [-0.2, -0.15) is 17.9 Å². The average Bonchev–Trinajstić information content (AvgIpc) is 3.19. The van der Waals surface area contributed by atoms with Crippen molar-refractivity contribution < 1.29 is 21.2 Å². The smallest absolute Gasteiger partial charge is 0.279 e. The molecule has 0 saturated heterocycles. The van der Waals surface area contributed by atoms with E-state index in [1.165, 1.54) is 18.2 Å². The van der Waals surface area contributed by atoms with Crippen molar-refractivity contribution in [2.75, 3.05) is 11.0 Å². The molecule has 3 aromatic carbocycles. The highest BCUT2D eigenvalue weighted by Crippen LogP contribution is 2.38. The summed E-state index contributed by atoms with van der Waals surface area (Å²) in [6, 6.07) is 18.2. The van der Waals surface area contributed by atoms with Gasteiger partial charge in [0.05, 0.1) is 22.9 Å². The average molecular weight is 488 g/mol. The second-order valence-corrected chi connectivity index (χ2v) is 11.4. The lowest BCUT2D eigenvalue weighted by molar-refractivity contribution is 0.370. The molecule has 3 aromatic rings. The molecule has 0 bridgehead atoms. The van der Waals surface area contributed by atoms with Gasteiger partial charge in [0.25, 0.3) is 10.0 Å². The Morgan fingerprint density at radius 1 is 0.970 bits per heavy atom. The van der Waals surface area contributed by atoms with E-state index in [0.717, 1.165) is 27.9 Å². The normalized spacial score (nSPS) is 16.5. The van der Waals surface area contributed by atoms with Crippen LogP contribution in [-0.2, 0) is 20.0 Å². The van der Waals surface area contributed by atoms with Crippen LogP contribution in [0.5, 0.6) is 0 Å². The molecule has 0 fully saturated rings. The fourth-order valence-electron chi connectivity index (χ4n) is 3.76. The highest BCUT2D eigenvalue weighted by molar-refractivity contribution is 7.92. The van der Waals surface area contributed by atoms with Crippen LogP contribution in [0.15, 0.2) is 82.8 Å². The summed E-state index contributed by atoms with van der Waals surface area (Å²) in [6.07, 6.45) is 1.36. The van der Waals surface area contributed by atoms with E-state index in [1.54, 1.807) is 24.3 Å². The van der Waals surface area contributed by atoms with E-state index in [2.05, 4.69) is 9.82 Å². The monoisotopic (exact) mass is 487 g/mol. The zero-order valence-corrected chi connectivity index (χ0v) is 19.6. The zero-order chi connectivity index (χ0) is 23.8. The van der Waals surface area contributed by atoms with E-state index >= 15 is 0 Å². The molecule has 172 valence electrons. The maximum absolute atomic E-state index is 13.8. The minimum absolute atomic E-state index is 0.182. The molecule has 0 unspecified atom stereocenters. The Bertz CT molecular complexity index is 1440. The lowest BCUT2D eigenvalue weighted by atomic mass is 9.96. The topological polar surface area (TPSA) is 95.9 Å². The summed E-state index contributed by atoms with van der Waals surface area (Å²) in [5.74, 6) is -0.652. The van der Waals surface area contributed by atoms with E-state index in [1.807, 2.05) is 31.2 Å². The standard InChI is InChI=1S/C23H22FN3O4S2/c1-16-6-3-4-9-21(16)23-15-22(17-10-12-19(13-11-17)26-32(2,28)29)25-27(23)33(30,31)20-8-5-7-18(24)14-20/h3-14,23,26H,15H2,1-2H3/t23-/m0/s1. The van der Waals surface area contributed by atoms with Crippen LogP contribution in [0.3, 0.4) is 0 Å². The summed E-state index contributed by atoms with van der Waals surface area (Å²) in [5, 5.41) is 4.44. The van der Waals surface area contributed by atoms with Gasteiger partial charge in [-0.15, -0.1) is 0 Å². The van der Waals surface area contributed by atoms with E-state index in [-0.39, 0.29) is 4.90 Å². The first-order valence-electron chi connectivity index (χ1n) is 10.1. The Kier molecular flexibility index (Phi) is 5.98. The fourth-order valence-corrected chi connectivity index (χ4v) is 5.78. The Morgan fingerprint density at radius 2 is 1.67 bits per heavy atom. The van der Waals surface area contributed by atoms with Crippen LogP contribution in [0.2, 0.25) is 0 Å². The first kappa shape index (κ1) is 22.9. The molecule has 0 saturated carbocycles. The molecule has 0 spiro atoms. The number of hydrogen-bond acceptors (Lipinski definition) is 5. The number of benzene rings is 3. The molecular weight excluding hydrogens is 465 g/mol. The number of hydrogen-bond donors (Lipinski definition) is 1. The molecular formula is C23H22FN3O4S2. The first-order chi connectivity index (χ1) is 15.5. The summed E-state index contributed by atoms with van der Waals surface area (Å²) in [5.41, 5.74) is 3.27. The maximum atomic E-state index is 13.8. The van der Waals surface area contributed by atoms with E-state index in [4.69, 9.17) is 0 Å². The first-order valence-corrected chi connectivity index (χ1v) is 13.4. The third-order valence-electron chi connectivity index (χ3n) is 5.28. The molecule has 1 N–H and O–H groups in total. The zero-order valence-electron chi connectivity index (χ0n) is 17.9. The molecule has 0 aromatic heterocycles. The molecule has 1 heterocycles. The van der Waals surface area contributed by atoms with Crippen molar-refractivity contribution >= 4 is 31.4 Å². The SMILES string of the molecule is Cc1ccccc1[C@@H]1CC(c2ccc(NS(C)(=O)=O)cc2)=NN1S(=O)(=O)c1cccc(F)c1. The molecule has 0 aliphatic carbocycles. The van der Waals surface area contributed by atoms with Gasteiger partial charge in [-0.05, 0) is 53.9 Å². The molecule has 0 radical (unpaired) electrons. The third-order valence-corrected chi connectivity index (χ3v) is 7.57. The van der Waals surface area contributed by atoms with Gasteiger partial charge in [0.2, 0.25) is 10.0 Å². The van der Waals surface area contributed by atoms with E-state index < -0.39 is 31.9 Å². The summed E-state index contributed by atoms with van der Waals surface area (Å²) >= 11 is 0. The van der Waals surface area contributed by atoms with Crippen LogP contribution in [-0.4, -0.2) is 33.2 Å². The number of nitrogens with one attached hydrogen (secondary N) is 1. The van der Waals surface area contributed by atoms with Crippen LogP contribution in [0, 0.1) is 12.7 Å². The number of nitrogens with zero attached hydrogens (tertiary/aromatic N) is 2. The molecule has 1 aliphatic heterocycles. The molecule has 4 rings (SSSR count). The van der Waals surface area contributed by atoms with Gasteiger partial charge < -0.3 is 0 Å². The van der Waals surface area contributed by atoms with Crippen LogP contribution in [0.1, 0.15) is 29.2 Å². The number of aryl methyl sites for hydroxylation is 1. The van der Waals surface area contributed by atoms with Crippen molar-refractivity contribution in [2.45, 2.75) is 24.3 Å². The highest BCUT2D eigenvalue weighted by atomic mass is 32.2. The lowest BCUT2D eigenvalue weighted by Crippen LogP contribution is -2.27. The van der Waals surface area contributed by atoms with Crippen LogP contribution >= 0.6 is 0 Å². The minimum Gasteiger partial charge on any atom is -0.284 e. The van der Waals surface area contributed by atoms with Crippen LogP contribution < -0.4 is 4.72 Å². The van der Waals surface area contributed by atoms with Gasteiger partial charge in [-0.1, -0.05) is 42.5 Å². The van der Waals surface area contributed by atoms with Crippen molar-refractivity contribution in [3.63, 3.8) is 0 Å². The van der Waals surface area contributed by atoms with Gasteiger partial charge in [0, 0.05) is 12.1 Å². The molecule has 1 aliphatic rings. The molecule has 7 nitrogen and oxygen atoms in total. The Balaban J connectivity index is 1.76. The minimum atomic E-state index is -4.13. The van der Waals surface area contributed by atoms with Crippen molar-refractivity contribution in [1.82, 2.24) is 4.41 Å². The van der Waals surface area contributed by atoms with Crippen molar-refractivity contribution in [2.24, 2.45) is 5.10 Å². The quantitative estimate of drug-likeness (QED) is 0.568. The van der Waals surface area contributed by atoms with Gasteiger partial charge in [0.1, 0.15) is 5.82 Å². The van der Waals surface area contributed by atoms with Gasteiger partial charge in [-0.25, -0.2) is 12.8 Å². The van der Waals surface area contributed by atoms with Gasteiger partial charge >= 0.3 is 0 Å².